The molecule has 4 nitrogen and oxygen atoms in total. The number of aliphatic hydroxyl groups excluding tert-OH is 1. The molecule has 1 aromatic rings. The van der Waals surface area contributed by atoms with Crippen LogP contribution in [0.15, 0.2) is 18.2 Å². The second-order valence-electron chi connectivity index (χ2n) is 5.42. The van der Waals surface area contributed by atoms with E-state index in [2.05, 4.69) is 5.32 Å². The molecule has 1 amide bonds. The molecule has 2 N–H and O–H groups in total. The molecule has 0 heterocycles. The predicted octanol–water partition coefficient (Wildman–Crippen LogP) is 2.29. The Hall–Kier alpha value is -1.62. The summed E-state index contributed by atoms with van der Waals surface area (Å²) in [6.45, 7) is 5.81. The Morgan fingerprint density at radius 2 is 2.14 bits per heavy atom. The number of amides is 1. The van der Waals surface area contributed by atoms with Crippen LogP contribution in [0.2, 0.25) is 0 Å². The van der Waals surface area contributed by atoms with Gasteiger partial charge < -0.3 is 15.2 Å². The fourth-order valence-corrected chi connectivity index (χ4v) is 1.94. The first-order chi connectivity index (χ1) is 9.93. The van der Waals surface area contributed by atoms with Crippen molar-refractivity contribution in [1.29, 1.82) is 0 Å². The van der Waals surface area contributed by atoms with Gasteiger partial charge in [0.1, 0.15) is 17.7 Å². The summed E-state index contributed by atoms with van der Waals surface area (Å²) >= 11 is 0. The highest BCUT2D eigenvalue weighted by atomic mass is 19.1. The maximum Gasteiger partial charge on any atom is 0.216 e. The van der Waals surface area contributed by atoms with Crippen LogP contribution in [0, 0.1) is 11.7 Å². The monoisotopic (exact) mass is 297 g/mol. The van der Waals surface area contributed by atoms with Gasteiger partial charge in [-0.1, -0.05) is 19.9 Å². The molecule has 1 unspecified atom stereocenters. The first-order valence-electron chi connectivity index (χ1n) is 7.24. The summed E-state index contributed by atoms with van der Waals surface area (Å²) in [6.07, 6.45) is 1.06. The van der Waals surface area contributed by atoms with Crippen molar-refractivity contribution in [3.8, 4) is 5.75 Å². The van der Waals surface area contributed by atoms with Crippen molar-refractivity contribution >= 4 is 5.91 Å². The highest BCUT2D eigenvalue weighted by Crippen LogP contribution is 2.24. The number of hydrogen-bond donors (Lipinski definition) is 2. The van der Waals surface area contributed by atoms with Crippen molar-refractivity contribution in [2.45, 2.75) is 39.7 Å². The van der Waals surface area contributed by atoms with Crippen LogP contribution in [-0.2, 0) is 11.2 Å². The lowest BCUT2D eigenvalue weighted by Crippen LogP contribution is -2.27. The molecule has 0 aliphatic heterocycles. The van der Waals surface area contributed by atoms with Gasteiger partial charge in [0.25, 0.3) is 0 Å². The van der Waals surface area contributed by atoms with Gasteiger partial charge >= 0.3 is 0 Å². The van der Waals surface area contributed by atoms with Gasteiger partial charge in [-0.05, 0) is 30.4 Å². The van der Waals surface area contributed by atoms with E-state index in [4.69, 9.17) is 4.74 Å². The zero-order valence-electron chi connectivity index (χ0n) is 12.9. The SMILES string of the molecule is CC(=O)NCCCc1ccc(F)cc1OC(CO)C(C)C. The second kappa shape index (κ2) is 8.62. The number of ether oxygens (including phenoxy) is 1. The number of aryl methyl sites for hydroxylation is 1. The maximum absolute atomic E-state index is 13.4. The van der Waals surface area contributed by atoms with Gasteiger partial charge in [0.2, 0.25) is 5.91 Å². The van der Waals surface area contributed by atoms with Crippen LogP contribution in [0.4, 0.5) is 4.39 Å². The summed E-state index contributed by atoms with van der Waals surface area (Å²) in [5.41, 5.74) is 0.876. The van der Waals surface area contributed by atoms with Crippen molar-refractivity contribution in [3.63, 3.8) is 0 Å². The normalized spacial score (nSPS) is 12.3. The van der Waals surface area contributed by atoms with E-state index in [1.165, 1.54) is 19.1 Å². The predicted molar refractivity (Wildman–Crippen MR) is 79.7 cm³/mol. The molecule has 0 aliphatic carbocycles. The number of nitrogens with one attached hydrogen (secondary N) is 1. The number of carbonyl (C=O) groups excluding carboxylic acids is 1. The van der Waals surface area contributed by atoms with Gasteiger partial charge in [-0.3, -0.25) is 4.79 Å². The lowest BCUT2D eigenvalue weighted by Gasteiger charge is -2.22. The quantitative estimate of drug-likeness (QED) is 0.724. The fraction of sp³-hybridized carbons (Fsp3) is 0.562. The summed E-state index contributed by atoms with van der Waals surface area (Å²) in [6, 6.07) is 4.43. The lowest BCUT2D eigenvalue weighted by molar-refractivity contribution is -0.118. The van der Waals surface area contributed by atoms with Crippen molar-refractivity contribution in [2.24, 2.45) is 5.92 Å². The molecule has 1 atom stereocenters. The van der Waals surface area contributed by atoms with Gasteiger partial charge in [-0.2, -0.15) is 0 Å². The Bertz CT molecular complexity index is 463. The summed E-state index contributed by atoms with van der Waals surface area (Å²) < 4.78 is 19.1. The standard InChI is InChI=1S/C16H24FNO3/c1-11(2)16(10-19)21-15-9-14(17)7-6-13(15)5-4-8-18-12(3)20/h6-7,9,11,16,19H,4-5,8,10H2,1-3H3,(H,18,20). The lowest BCUT2D eigenvalue weighted by atomic mass is 10.1. The minimum absolute atomic E-state index is 0.0641. The Labute approximate surface area is 125 Å². The van der Waals surface area contributed by atoms with E-state index in [0.717, 1.165) is 12.0 Å². The number of rotatable bonds is 8. The largest absolute Gasteiger partial charge is 0.487 e. The highest BCUT2D eigenvalue weighted by Gasteiger charge is 2.16. The molecule has 21 heavy (non-hydrogen) atoms. The van der Waals surface area contributed by atoms with Crippen molar-refractivity contribution < 1.29 is 19.0 Å². The minimum atomic E-state index is -0.365. The zero-order chi connectivity index (χ0) is 15.8. The van der Waals surface area contributed by atoms with E-state index in [1.807, 2.05) is 13.8 Å². The van der Waals surface area contributed by atoms with E-state index in [0.29, 0.717) is 18.7 Å². The highest BCUT2D eigenvalue weighted by molar-refractivity contribution is 5.72. The van der Waals surface area contributed by atoms with E-state index >= 15 is 0 Å². The van der Waals surface area contributed by atoms with E-state index in [-0.39, 0.29) is 30.4 Å². The Morgan fingerprint density at radius 1 is 1.43 bits per heavy atom. The molecule has 0 fully saturated rings. The van der Waals surface area contributed by atoms with Crippen LogP contribution in [0.3, 0.4) is 0 Å². The average Bonchev–Trinajstić information content (AvgIpc) is 2.42. The molecular weight excluding hydrogens is 273 g/mol. The van der Waals surface area contributed by atoms with Crippen molar-refractivity contribution in [1.82, 2.24) is 5.32 Å². The van der Waals surface area contributed by atoms with E-state index in [1.54, 1.807) is 6.07 Å². The van der Waals surface area contributed by atoms with Gasteiger partial charge in [0, 0.05) is 19.5 Å². The van der Waals surface area contributed by atoms with E-state index < -0.39 is 0 Å². The molecule has 1 aromatic carbocycles. The molecule has 0 saturated heterocycles. The number of aliphatic hydroxyl groups is 1. The first-order valence-corrected chi connectivity index (χ1v) is 7.24. The van der Waals surface area contributed by atoms with E-state index in [9.17, 15) is 14.3 Å². The van der Waals surface area contributed by atoms with Gasteiger partial charge in [-0.25, -0.2) is 4.39 Å². The number of hydrogen-bond acceptors (Lipinski definition) is 3. The van der Waals surface area contributed by atoms with Crippen LogP contribution < -0.4 is 10.1 Å². The number of benzene rings is 1. The number of halogens is 1. The summed E-state index contributed by atoms with van der Waals surface area (Å²) in [5, 5.41) is 12.0. The molecule has 1 rings (SSSR count). The molecule has 0 bridgehead atoms. The third-order valence-corrected chi connectivity index (χ3v) is 3.23. The third-order valence-electron chi connectivity index (χ3n) is 3.23. The Morgan fingerprint density at radius 3 is 2.71 bits per heavy atom. The zero-order valence-corrected chi connectivity index (χ0v) is 12.9. The smallest absolute Gasteiger partial charge is 0.216 e. The first kappa shape index (κ1) is 17.4. The maximum atomic E-state index is 13.4. The van der Waals surface area contributed by atoms with Crippen LogP contribution in [0.1, 0.15) is 32.8 Å². The summed E-state index contributed by atoms with van der Waals surface area (Å²) in [4.78, 5) is 10.8. The second-order valence-corrected chi connectivity index (χ2v) is 5.42. The van der Waals surface area contributed by atoms with Crippen molar-refractivity contribution in [3.05, 3.63) is 29.6 Å². The molecule has 0 radical (unpaired) electrons. The minimum Gasteiger partial charge on any atom is -0.487 e. The third kappa shape index (κ3) is 6.12. The van der Waals surface area contributed by atoms with Crippen LogP contribution in [0.25, 0.3) is 0 Å². The van der Waals surface area contributed by atoms with Gasteiger partial charge in [0.05, 0.1) is 6.61 Å². The van der Waals surface area contributed by atoms with Crippen LogP contribution >= 0.6 is 0 Å². The molecule has 118 valence electrons. The van der Waals surface area contributed by atoms with Crippen LogP contribution in [0.5, 0.6) is 5.75 Å². The molecule has 0 spiro atoms. The fourth-order valence-electron chi connectivity index (χ4n) is 1.94. The Balaban J connectivity index is 2.72. The average molecular weight is 297 g/mol. The Kier molecular flexibility index (Phi) is 7.15. The van der Waals surface area contributed by atoms with Gasteiger partial charge in [-0.15, -0.1) is 0 Å². The molecular formula is C16H24FNO3. The summed E-state index contributed by atoms with van der Waals surface area (Å²) in [7, 11) is 0. The number of carbonyl (C=O) groups is 1. The van der Waals surface area contributed by atoms with Crippen molar-refractivity contribution in [2.75, 3.05) is 13.2 Å². The summed E-state index contributed by atoms with van der Waals surface area (Å²) in [5.74, 6) is 0.165. The topological polar surface area (TPSA) is 58.6 Å². The molecule has 5 heteroatoms. The van der Waals surface area contributed by atoms with Crippen LogP contribution in [-0.4, -0.2) is 30.3 Å². The molecule has 0 aliphatic rings. The molecule has 0 saturated carbocycles. The molecule has 0 aromatic heterocycles. The van der Waals surface area contributed by atoms with Gasteiger partial charge in [0.15, 0.2) is 0 Å².